The summed E-state index contributed by atoms with van der Waals surface area (Å²) in [5.74, 6) is -0.483. The van der Waals surface area contributed by atoms with Crippen molar-refractivity contribution in [3.63, 3.8) is 0 Å². The van der Waals surface area contributed by atoms with Gasteiger partial charge in [-0.3, -0.25) is 4.79 Å². The standard InChI is InChI=1S/C11H14BrFN2O/c1-14-5-6-15(2)11(16)9-4-3-8(13)7-10(9)12/h3-4,7,14H,5-6H2,1-2H3. The first-order valence-corrected chi connectivity index (χ1v) is 5.70. The van der Waals surface area contributed by atoms with Crippen molar-refractivity contribution in [2.24, 2.45) is 0 Å². The molecule has 0 saturated carbocycles. The third kappa shape index (κ3) is 3.28. The first-order chi connectivity index (χ1) is 7.56. The number of carbonyl (C=O) groups is 1. The van der Waals surface area contributed by atoms with Crippen molar-refractivity contribution in [1.29, 1.82) is 0 Å². The molecule has 0 spiro atoms. The van der Waals surface area contributed by atoms with Crippen LogP contribution in [0.4, 0.5) is 4.39 Å². The number of carbonyl (C=O) groups excluding carboxylic acids is 1. The van der Waals surface area contributed by atoms with Gasteiger partial charge in [0, 0.05) is 24.6 Å². The Hall–Kier alpha value is -0.940. The molecule has 0 unspecified atom stereocenters. The van der Waals surface area contributed by atoms with Gasteiger partial charge in [-0.05, 0) is 41.2 Å². The van der Waals surface area contributed by atoms with Crippen LogP contribution in [-0.2, 0) is 0 Å². The summed E-state index contributed by atoms with van der Waals surface area (Å²) in [4.78, 5) is 13.5. The van der Waals surface area contributed by atoms with Gasteiger partial charge < -0.3 is 10.2 Å². The Morgan fingerprint density at radius 2 is 2.25 bits per heavy atom. The number of hydrogen-bond donors (Lipinski definition) is 1. The number of benzene rings is 1. The second-order valence-electron chi connectivity index (χ2n) is 3.45. The molecular formula is C11H14BrFN2O. The molecule has 0 aliphatic heterocycles. The molecule has 0 bridgehead atoms. The largest absolute Gasteiger partial charge is 0.340 e. The number of likely N-dealkylation sites (N-methyl/N-ethyl adjacent to an activating group) is 2. The van der Waals surface area contributed by atoms with E-state index < -0.39 is 0 Å². The van der Waals surface area contributed by atoms with Crippen molar-refractivity contribution in [2.45, 2.75) is 0 Å². The minimum absolute atomic E-state index is 0.123. The maximum atomic E-state index is 12.8. The molecule has 0 aromatic heterocycles. The van der Waals surface area contributed by atoms with E-state index in [1.54, 1.807) is 11.9 Å². The fourth-order valence-electron chi connectivity index (χ4n) is 1.25. The molecule has 1 N–H and O–H groups in total. The van der Waals surface area contributed by atoms with Crippen LogP contribution in [0.5, 0.6) is 0 Å². The van der Waals surface area contributed by atoms with Gasteiger partial charge in [0.25, 0.3) is 5.91 Å². The molecule has 0 aliphatic rings. The predicted octanol–water partition coefficient (Wildman–Crippen LogP) is 1.88. The number of amides is 1. The first-order valence-electron chi connectivity index (χ1n) is 4.91. The molecule has 0 atom stereocenters. The Kier molecular flexibility index (Phi) is 4.89. The lowest BCUT2D eigenvalue weighted by Crippen LogP contribution is -2.32. The minimum atomic E-state index is -0.360. The third-order valence-electron chi connectivity index (χ3n) is 2.21. The van der Waals surface area contributed by atoms with E-state index in [9.17, 15) is 9.18 Å². The summed E-state index contributed by atoms with van der Waals surface area (Å²) < 4.78 is 13.3. The zero-order valence-electron chi connectivity index (χ0n) is 9.26. The van der Waals surface area contributed by atoms with E-state index in [0.29, 0.717) is 16.6 Å². The van der Waals surface area contributed by atoms with E-state index >= 15 is 0 Å². The summed E-state index contributed by atoms with van der Waals surface area (Å²) in [5.41, 5.74) is 0.472. The second kappa shape index (κ2) is 5.96. The molecule has 1 rings (SSSR count). The average molecular weight is 289 g/mol. The SMILES string of the molecule is CNCCN(C)C(=O)c1ccc(F)cc1Br. The summed E-state index contributed by atoms with van der Waals surface area (Å²) in [6, 6.07) is 4.06. The van der Waals surface area contributed by atoms with Crippen molar-refractivity contribution in [3.05, 3.63) is 34.1 Å². The summed E-state index contributed by atoms with van der Waals surface area (Å²) >= 11 is 3.18. The molecule has 0 aliphatic carbocycles. The molecule has 0 fully saturated rings. The number of rotatable bonds is 4. The van der Waals surface area contributed by atoms with Crippen LogP contribution in [0.1, 0.15) is 10.4 Å². The van der Waals surface area contributed by atoms with E-state index in [-0.39, 0.29) is 11.7 Å². The van der Waals surface area contributed by atoms with Crippen LogP contribution in [0.25, 0.3) is 0 Å². The van der Waals surface area contributed by atoms with Crippen LogP contribution >= 0.6 is 15.9 Å². The Morgan fingerprint density at radius 3 is 2.81 bits per heavy atom. The van der Waals surface area contributed by atoms with E-state index in [4.69, 9.17) is 0 Å². The van der Waals surface area contributed by atoms with Gasteiger partial charge in [-0.25, -0.2) is 4.39 Å². The summed E-state index contributed by atoms with van der Waals surface area (Å²) in [6.07, 6.45) is 0. The zero-order chi connectivity index (χ0) is 12.1. The molecule has 88 valence electrons. The van der Waals surface area contributed by atoms with Crippen molar-refractivity contribution in [1.82, 2.24) is 10.2 Å². The van der Waals surface area contributed by atoms with E-state index in [2.05, 4.69) is 21.2 Å². The van der Waals surface area contributed by atoms with Gasteiger partial charge in [-0.1, -0.05) is 0 Å². The molecule has 0 radical (unpaired) electrons. The second-order valence-corrected chi connectivity index (χ2v) is 4.31. The normalized spacial score (nSPS) is 10.2. The number of nitrogens with zero attached hydrogens (tertiary/aromatic N) is 1. The van der Waals surface area contributed by atoms with Crippen molar-refractivity contribution >= 4 is 21.8 Å². The van der Waals surface area contributed by atoms with Crippen LogP contribution in [0.3, 0.4) is 0 Å². The highest BCUT2D eigenvalue weighted by Crippen LogP contribution is 2.19. The Labute approximate surface area is 103 Å². The van der Waals surface area contributed by atoms with Crippen LogP contribution in [-0.4, -0.2) is 38.0 Å². The van der Waals surface area contributed by atoms with E-state index in [1.807, 2.05) is 7.05 Å². The zero-order valence-corrected chi connectivity index (χ0v) is 10.8. The number of hydrogen-bond acceptors (Lipinski definition) is 2. The lowest BCUT2D eigenvalue weighted by Gasteiger charge is -2.17. The maximum Gasteiger partial charge on any atom is 0.254 e. The first kappa shape index (κ1) is 13.1. The highest BCUT2D eigenvalue weighted by Gasteiger charge is 2.14. The molecule has 3 nitrogen and oxygen atoms in total. The molecular weight excluding hydrogens is 275 g/mol. The maximum absolute atomic E-state index is 12.8. The number of halogens is 2. The topological polar surface area (TPSA) is 32.3 Å². The lowest BCUT2D eigenvalue weighted by molar-refractivity contribution is 0.0796. The molecule has 16 heavy (non-hydrogen) atoms. The van der Waals surface area contributed by atoms with Gasteiger partial charge in [0.05, 0.1) is 5.56 Å². The molecule has 1 amide bonds. The minimum Gasteiger partial charge on any atom is -0.340 e. The van der Waals surface area contributed by atoms with Gasteiger partial charge in [0.15, 0.2) is 0 Å². The van der Waals surface area contributed by atoms with Crippen LogP contribution in [0, 0.1) is 5.82 Å². The molecule has 0 heterocycles. The monoisotopic (exact) mass is 288 g/mol. The van der Waals surface area contributed by atoms with Gasteiger partial charge in [-0.15, -0.1) is 0 Å². The Balaban J connectivity index is 2.79. The highest BCUT2D eigenvalue weighted by molar-refractivity contribution is 9.10. The van der Waals surface area contributed by atoms with Crippen molar-refractivity contribution in [2.75, 3.05) is 27.2 Å². The quantitative estimate of drug-likeness (QED) is 0.918. The van der Waals surface area contributed by atoms with Crippen molar-refractivity contribution in [3.8, 4) is 0 Å². The van der Waals surface area contributed by atoms with E-state index in [1.165, 1.54) is 18.2 Å². The van der Waals surface area contributed by atoms with Crippen molar-refractivity contribution < 1.29 is 9.18 Å². The van der Waals surface area contributed by atoms with E-state index in [0.717, 1.165) is 6.54 Å². The Bertz CT molecular complexity index is 384. The highest BCUT2D eigenvalue weighted by atomic mass is 79.9. The third-order valence-corrected chi connectivity index (χ3v) is 2.86. The molecule has 1 aromatic rings. The predicted molar refractivity (Wildman–Crippen MR) is 65.0 cm³/mol. The lowest BCUT2D eigenvalue weighted by atomic mass is 10.2. The summed E-state index contributed by atoms with van der Waals surface area (Å²) in [6.45, 7) is 1.33. The fraction of sp³-hybridized carbons (Fsp3) is 0.364. The molecule has 1 aromatic carbocycles. The fourth-order valence-corrected chi connectivity index (χ4v) is 1.77. The Morgan fingerprint density at radius 1 is 1.56 bits per heavy atom. The molecule has 0 saturated heterocycles. The summed E-state index contributed by atoms with van der Waals surface area (Å²) in [7, 11) is 3.54. The summed E-state index contributed by atoms with van der Waals surface area (Å²) in [5, 5.41) is 2.96. The number of nitrogens with one attached hydrogen (secondary N) is 1. The van der Waals surface area contributed by atoms with Gasteiger partial charge in [0.1, 0.15) is 5.82 Å². The van der Waals surface area contributed by atoms with Crippen LogP contribution in [0.15, 0.2) is 22.7 Å². The average Bonchev–Trinajstić information content (AvgIpc) is 2.25. The smallest absolute Gasteiger partial charge is 0.254 e. The van der Waals surface area contributed by atoms with Gasteiger partial charge in [0.2, 0.25) is 0 Å². The van der Waals surface area contributed by atoms with Crippen LogP contribution in [0.2, 0.25) is 0 Å². The molecule has 5 heteroatoms. The van der Waals surface area contributed by atoms with Crippen LogP contribution < -0.4 is 5.32 Å². The van der Waals surface area contributed by atoms with Gasteiger partial charge >= 0.3 is 0 Å². The van der Waals surface area contributed by atoms with Gasteiger partial charge in [-0.2, -0.15) is 0 Å².